The zero-order valence-corrected chi connectivity index (χ0v) is 9.85. The van der Waals surface area contributed by atoms with Crippen LogP contribution in [0.5, 0.6) is 0 Å². The molecule has 0 aromatic carbocycles. The van der Waals surface area contributed by atoms with Gasteiger partial charge >= 0.3 is 0 Å². The number of anilines is 1. The Labute approximate surface area is 92.7 Å². The van der Waals surface area contributed by atoms with Crippen LogP contribution in [0.1, 0.15) is 38.8 Å². The maximum Gasteiger partial charge on any atom is 0.233 e. The van der Waals surface area contributed by atoms with Crippen LogP contribution in [0.2, 0.25) is 0 Å². The van der Waals surface area contributed by atoms with Gasteiger partial charge in [-0.3, -0.25) is 9.59 Å². The molecule has 0 spiro atoms. The lowest BCUT2D eigenvalue weighted by Crippen LogP contribution is -2.14. The third kappa shape index (κ3) is 3.79. The molecule has 4 nitrogen and oxygen atoms in total. The highest BCUT2D eigenvalue weighted by molar-refractivity contribution is 7.13. The van der Waals surface area contributed by atoms with Crippen molar-refractivity contribution in [2.45, 2.75) is 33.1 Å². The molecule has 1 N–H and O–H groups in total. The molecule has 82 valence electrons. The van der Waals surface area contributed by atoms with Gasteiger partial charge in [0.2, 0.25) is 5.91 Å². The summed E-state index contributed by atoms with van der Waals surface area (Å²) < 4.78 is 0. The fraction of sp³-hybridized carbons (Fsp3) is 0.500. The first-order valence-electron chi connectivity index (χ1n) is 4.73. The van der Waals surface area contributed by atoms with Gasteiger partial charge in [0.25, 0.3) is 0 Å². The van der Waals surface area contributed by atoms with E-state index in [1.165, 1.54) is 18.3 Å². The number of ketones is 1. The molecule has 1 rings (SSSR count). The van der Waals surface area contributed by atoms with Gasteiger partial charge in [-0.2, -0.15) is 0 Å². The van der Waals surface area contributed by atoms with Crippen LogP contribution >= 0.6 is 11.3 Å². The van der Waals surface area contributed by atoms with Gasteiger partial charge < -0.3 is 5.32 Å². The van der Waals surface area contributed by atoms with Crippen LogP contribution in [0, 0.1) is 0 Å². The van der Waals surface area contributed by atoms with E-state index in [4.69, 9.17) is 0 Å². The number of hydrogen-bond acceptors (Lipinski definition) is 4. The summed E-state index contributed by atoms with van der Waals surface area (Å²) in [7, 11) is 0. The molecule has 1 heterocycles. The molecule has 1 aromatic heterocycles. The average molecular weight is 226 g/mol. The molecule has 0 radical (unpaired) electrons. The maximum absolute atomic E-state index is 11.2. The second-order valence-electron chi connectivity index (χ2n) is 3.66. The highest BCUT2D eigenvalue weighted by atomic mass is 32.1. The Hall–Kier alpha value is -1.23. The molecule has 15 heavy (non-hydrogen) atoms. The summed E-state index contributed by atoms with van der Waals surface area (Å²) in [4.78, 5) is 26.1. The van der Waals surface area contributed by atoms with Crippen LogP contribution in [-0.4, -0.2) is 16.7 Å². The summed E-state index contributed by atoms with van der Waals surface area (Å²) >= 11 is 1.38. The van der Waals surface area contributed by atoms with Crippen LogP contribution in [0.3, 0.4) is 0 Å². The number of carbonyl (C=O) groups is 2. The topological polar surface area (TPSA) is 59.1 Å². The van der Waals surface area contributed by atoms with E-state index >= 15 is 0 Å². The van der Waals surface area contributed by atoms with Gasteiger partial charge in [0, 0.05) is 5.38 Å². The Morgan fingerprint density at radius 2 is 2.20 bits per heavy atom. The van der Waals surface area contributed by atoms with Crippen molar-refractivity contribution in [2.24, 2.45) is 0 Å². The summed E-state index contributed by atoms with van der Waals surface area (Å²) in [5, 5.41) is 5.07. The Kier molecular flexibility index (Phi) is 3.96. The van der Waals surface area contributed by atoms with E-state index < -0.39 is 0 Å². The van der Waals surface area contributed by atoms with Gasteiger partial charge in [0.1, 0.15) is 5.78 Å². The van der Waals surface area contributed by atoms with Crippen molar-refractivity contribution in [2.75, 3.05) is 5.32 Å². The third-order valence-corrected chi connectivity index (χ3v) is 2.55. The SMILES string of the molecule is CC(=O)CC(=O)Nc1nc(C(C)C)cs1. The smallest absolute Gasteiger partial charge is 0.233 e. The van der Waals surface area contributed by atoms with Gasteiger partial charge in [-0.25, -0.2) is 4.98 Å². The summed E-state index contributed by atoms with van der Waals surface area (Å²) in [6.07, 6.45) is -0.0867. The molecule has 0 bridgehead atoms. The summed E-state index contributed by atoms with van der Waals surface area (Å²) in [6, 6.07) is 0. The highest BCUT2D eigenvalue weighted by Crippen LogP contribution is 2.21. The van der Waals surface area contributed by atoms with Gasteiger partial charge in [-0.05, 0) is 12.8 Å². The molecule has 0 saturated heterocycles. The van der Waals surface area contributed by atoms with Gasteiger partial charge in [-0.1, -0.05) is 13.8 Å². The molecule has 0 aliphatic carbocycles. The van der Waals surface area contributed by atoms with Crippen LogP contribution in [-0.2, 0) is 9.59 Å². The minimum atomic E-state index is -0.299. The Balaban J connectivity index is 2.57. The molecule has 0 fully saturated rings. The van der Waals surface area contributed by atoms with E-state index in [1.54, 1.807) is 0 Å². The largest absolute Gasteiger partial charge is 0.302 e. The standard InChI is InChI=1S/C10H14N2O2S/c1-6(2)8-5-15-10(11-8)12-9(14)4-7(3)13/h5-6H,4H2,1-3H3,(H,11,12,14). The number of aromatic nitrogens is 1. The van der Waals surface area contributed by atoms with Crippen molar-refractivity contribution in [1.82, 2.24) is 4.98 Å². The molecule has 0 unspecified atom stereocenters. The molecule has 1 aromatic rings. The highest BCUT2D eigenvalue weighted by Gasteiger charge is 2.09. The average Bonchev–Trinajstić information content (AvgIpc) is 2.50. The van der Waals surface area contributed by atoms with Gasteiger partial charge in [-0.15, -0.1) is 11.3 Å². The van der Waals surface area contributed by atoms with Crippen molar-refractivity contribution in [3.05, 3.63) is 11.1 Å². The first-order valence-corrected chi connectivity index (χ1v) is 5.61. The number of carbonyl (C=O) groups excluding carboxylic acids is 2. The zero-order chi connectivity index (χ0) is 11.4. The van der Waals surface area contributed by atoms with E-state index in [-0.39, 0.29) is 18.1 Å². The molecule has 1 amide bonds. The van der Waals surface area contributed by atoms with Gasteiger partial charge in [0.05, 0.1) is 12.1 Å². The predicted octanol–water partition coefficient (Wildman–Crippen LogP) is 2.18. The van der Waals surface area contributed by atoms with Crippen LogP contribution in [0.15, 0.2) is 5.38 Å². The minimum Gasteiger partial charge on any atom is -0.302 e. The van der Waals surface area contributed by atoms with E-state index in [0.29, 0.717) is 11.0 Å². The lowest BCUT2D eigenvalue weighted by Gasteiger charge is -1.99. The zero-order valence-electron chi connectivity index (χ0n) is 9.03. The Bertz CT molecular complexity index is 371. The molecular formula is C10H14N2O2S. The monoisotopic (exact) mass is 226 g/mol. The van der Waals surface area contributed by atoms with Crippen LogP contribution in [0.25, 0.3) is 0 Å². The number of thiazole rings is 1. The molecular weight excluding hydrogens is 212 g/mol. The lowest BCUT2D eigenvalue weighted by atomic mass is 10.2. The lowest BCUT2D eigenvalue weighted by molar-refractivity contribution is -0.124. The first kappa shape index (κ1) is 11.8. The van der Waals surface area contributed by atoms with E-state index in [2.05, 4.69) is 10.3 Å². The molecule has 0 saturated carbocycles. The fourth-order valence-corrected chi connectivity index (χ4v) is 1.89. The fourth-order valence-electron chi connectivity index (χ4n) is 0.998. The molecule has 0 aliphatic rings. The van der Waals surface area contributed by atoms with E-state index in [9.17, 15) is 9.59 Å². The normalized spacial score (nSPS) is 10.4. The molecule has 5 heteroatoms. The van der Waals surface area contributed by atoms with E-state index in [0.717, 1.165) is 5.69 Å². The number of nitrogens with one attached hydrogen (secondary N) is 1. The van der Waals surface area contributed by atoms with Crippen LogP contribution < -0.4 is 5.32 Å². The first-order chi connectivity index (χ1) is 6.99. The second-order valence-corrected chi connectivity index (χ2v) is 4.52. The summed E-state index contributed by atoms with van der Waals surface area (Å²) in [6.45, 7) is 5.47. The van der Waals surface area contributed by atoms with Crippen molar-refractivity contribution in [3.8, 4) is 0 Å². The van der Waals surface area contributed by atoms with Crippen molar-refractivity contribution >= 4 is 28.2 Å². The summed E-state index contributed by atoms with van der Waals surface area (Å²) in [5.74, 6) is -0.0972. The predicted molar refractivity (Wildman–Crippen MR) is 60.1 cm³/mol. The Morgan fingerprint density at radius 1 is 1.53 bits per heavy atom. The number of rotatable bonds is 4. The molecule has 0 aliphatic heterocycles. The number of Topliss-reactive ketones (excluding diaryl/α,β-unsaturated/α-hetero) is 1. The van der Waals surface area contributed by atoms with E-state index in [1.807, 2.05) is 19.2 Å². The maximum atomic E-state index is 11.2. The van der Waals surface area contributed by atoms with Crippen molar-refractivity contribution < 1.29 is 9.59 Å². The van der Waals surface area contributed by atoms with Gasteiger partial charge in [0.15, 0.2) is 5.13 Å². The second kappa shape index (κ2) is 5.02. The Morgan fingerprint density at radius 3 is 2.67 bits per heavy atom. The summed E-state index contributed by atoms with van der Waals surface area (Å²) in [5.41, 5.74) is 0.957. The van der Waals surface area contributed by atoms with Crippen LogP contribution in [0.4, 0.5) is 5.13 Å². The number of nitrogens with zero attached hydrogens (tertiary/aromatic N) is 1. The molecule has 0 atom stereocenters. The van der Waals surface area contributed by atoms with Crippen molar-refractivity contribution in [3.63, 3.8) is 0 Å². The van der Waals surface area contributed by atoms with Crippen molar-refractivity contribution in [1.29, 1.82) is 0 Å². The quantitative estimate of drug-likeness (QED) is 0.800. The minimum absolute atomic E-state index is 0.0867. The number of amides is 1. The number of hydrogen-bond donors (Lipinski definition) is 1. The third-order valence-electron chi connectivity index (χ3n) is 1.77.